The zero-order valence-corrected chi connectivity index (χ0v) is 14.9. The van der Waals surface area contributed by atoms with Gasteiger partial charge in [0.15, 0.2) is 0 Å². The number of nitrogens with zero attached hydrogens (tertiary/aromatic N) is 2. The van der Waals surface area contributed by atoms with Crippen LogP contribution in [0.2, 0.25) is 0 Å². The Bertz CT molecular complexity index is 658. The summed E-state index contributed by atoms with van der Waals surface area (Å²) < 4.78 is 10.6. The highest BCUT2D eigenvalue weighted by Crippen LogP contribution is 2.36. The summed E-state index contributed by atoms with van der Waals surface area (Å²) in [5, 5.41) is 3.27. The highest BCUT2D eigenvalue weighted by molar-refractivity contribution is 6.01. The van der Waals surface area contributed by atoms with Crippen LogP contribution in [0.25, 0.3) is 0 Å². The summed E-state index contributed by atoms with van der Waals surface area (Å²) in [6.45, 7) is 2.13. The molecule has 7 nitrogen and oxygen atoms in total. The van der Waals surface area contributed by atoms with Gasteiger partial charge in [-0.15, -0.1) is 0 Å². The van der Waals surface area contributed by atoms with Gasteiger partial charge in [-0.25, -0.2) is 0 Å². The molecule has 3 rings (SSSR count). The molecule has 0 radical (unpaired) electrons. The molecule has 2 aliphatic heterocycles. The number of hydrogen-bond acceptors (Lipinski definition) is 5. The average Bonchev–Trinajstić information content (AvgIpc) is 3.29. The Morgan fingerprint density at radius 3 is 2.76 bits per heavy atom. The predicted molar refractivity (Wildman–Crippen MR) is 94.1 cm³/mol. The van der Waals surface area contributed by atoms with Gasteiger partial charge in [0.1, 0.15) is 11.5 Å². The number of rotatable bonds is 5. The molecule has 1 N–H and O–H groups in total. The van der Waals surface area contributed by atoms with Crippen molar-refractivity contribution in [1.82, 2.24) is 10.2 Å². The van der Waals surface area contributed by atoms with E-state index < -0.39 is 0 Å². The SMILES string of the molecule is COc1ccc(N2C[C@@H](C(=O)N(C)[C@H]3CCNC3)CC2=O)c(OC)c1. The molecule has 2 fully saturated rings. The summed E-state index contributed by atoms with van der Waals surface area (Å²) in [5.41, 5.74) is 0.675. The van der Waals surface area contributed by atoms with E-state index in [1.54, 1.807) is 42.2 Å². The average molecular weight is 347 g/mol. The van der Waals surface area contributed by atoms with Crippen LogP contribution in [-0.2, 0) is 9.59 Å². The molecule has 1 aromatic rings. The third-order valence-electron chi connectivity index (χ3n) is 5.08. The van der Waals surface area contributed by atoms with Gasteiger partial charge in [0, 0.05) is 38.7 Å². The maximum Gasteiger partial charge on any atom is 0.228 e. The monoisotopic (exact) mass is 347 g/mol. The van der Waals surface area contributed by atoms with Crippen molar-refractivity contribution in [2.45, 2.75) is 18.9 Å². The second-order valence-corrected chi connectivity index (χ2v) is 6.54. The summed E-state index contributed by atoms with van der Waals surface area (Å²) >= 11 is 0. The van der Waals surface area contributed by atoms with Crippen molar-refractivity contribution in [3.63, 3.8) is 0 Å². The summed E-state index contributed by atoms with van der Waals surface area (Å²) in [4.78, 5) is 28.7. The van der Waals surface area contributed by atoms with Gasteiger partial charge in [0.05, 0.1) is 25.8 Å². The first kappa shape index (κ1) is 17.5. The van der Waals surface area contributed by atoms with Gasteiger partial charge in [-0.1, -0.05) is 0 Å². The topological polar surface area (TPSA) is 71.1 Å². The van der Waals surface area contributed by atoms with Crippen molar-refractivity contribution >= 4 is 17.5 Å². The molecule has 0 saturated carbocycles. The first-order valence-electron chi connectivity index (χ1n) is 8.55. The fourth-order valence-corrected chi connectivity index (χ4v) is 3.55. The zero-order valence-electron chi connectivity index (χ0n) is 14.9. The third-order valence-corrected chi connectivity index (χ3v) is 5.08. The van der Waals surface area contributed by atoms with Crippen LogP contribution in [0.5, 0.6) is 11.5 Å². The minimum atomic E-state index is -0.315. The molecule has 2 amide bonds. The summed E-state index contributed by atoms with van der Waals surface area (Å²) in [5.74, 6) is 0.893. The molecule has 0 spiro atoms. The van der Waals surface area contributed by atoms with E-state index in [1.807, 2.05) is 7.05 Å². The Morgan fingerprint density at radius 2 is 2.12 bits per heavy atom. The van der Waals surface area contributed by atoms with Crippen LogP contribution in [0.15, 0.2) is 18.2 Å². The lowest BCUT2D eigenvalue weighted by Crippen LogP contribution is -2.42. The van der Waals surface area contributed by atoms with Gasteiger partial charge in [-0.05, 0) is 25.1 Å². The van der Waals surface area contributed by atoms with Crippen LogP contribution in [0.4, 0.5) is 5.69 Å². The smallest absolute Gasteiger partial charge is 0.228 e. The molecule has 0 aliphatic carbocycles. The van der Waals surface area contributed by atoms with E-state index in [0.29, 0.717) is 23.7 Å². The van der Waals surface area contributed by atoms with Gasteiger partial charge in [0.2, 0.25) is 11.8 Å². The minimum absolute atomic E-state index is 0.0389. The summed E-state index contributed by atoms with van der Waals surface area (Å²) in [6.07, 6.45) is 1.19. The second kappa shape index (κ2) is 7.31. The van der Waals surface area contributed by atoms with Crippen molar-refractivity contribution in [2.24, 2.45) is 5.92 Å². The second-order valence-electron chi connectivity index (χ2n) is 6.54. The Kier molecular flexibility index (Phi) is 5.13. The Labute approximate surface area is 147 Å². The molecule has 136 valence electrons. The first-order chi connectivity index (χ1) is 12.0. The molecular formula is C18H25N3O4. The molecule has 0 bridgehead atoms. The Morgan fingerprint density at radius 1 is 1.32 bits per heavy atom. The van der Waals surface area contributed by atoms with E-state index >= 15 is 0 Å². The van der Waals surface area contributed by atoms with Gasteiger partial charge < -0.3 is 24.6 Å². The number of carbonyl (C=O) groups is 2. The number of ether oxygens (including phenoxy) is 2. The van der Waals surface area contributed by atoms with E-state index in [2.05, 4.69) is 5.32 Å². The lowest BCUT2D eigenvalue weighted by atomic mass is 10.1. The number of anilines is 1. The highest BCUT2D eigenvalue weighted by Gasteiger charge is 2.39. The van der Waals surface area contributed by atoms with Crippen LogP contribution in [0.3, 0.4) is 0 Å². The molecule has 25 heavy (non-hydrogen) atoms. The van der Waals surface area contributed by atoms with Crippen LogP contribution >= 0.6 is 0 Å². The molecule has 2 saturated heterocycles. The fraction of sp³-hybridized carbons (Fsp3) is 0.556. The standard InChI is InChI=1S/C18H25N3O4/c1-20(13-6-7-19-10-13)18(23)12-8-17(22)21(11-12)15-5-4-14(24-2)9-16(15)25-3/h4-5,9,12-13,19H,6-8,10-11H2,1-3H3/t12-,13-/m0/s1. The van der Waals surface area contributed by atoms with Crippen LogP contribution in [-0.4, -0.2) is 63.7 Å². The van der Waals surface area contributed by atoms with E-state index in [9.17, 15) is 9.59 Å². The van der Waals surface area contributed by atoms with Gasteiger partial charge in [-0.2, -0.15) is 0 Å². The van der Waals surface area contributed by atoms with Crippen LogP contribution in [0, 0.1) is 5.92 Å². The van der Waals surface area contributed by atoms with Crippen molar-refractivity contribution in [2.75, 3.05) is 45.8 Å². The van der Waals surface area contributed by atoms with Crippen molar-refractivity contribution in [1.29, 1.82) is 0 Å². The first-order valence-corrected chi connectivity index (χ1v) is 8.55. The van der Waals surface area contributed by atoms with Gasteiger partial charge in [-0.3, -0.25) is 9.59 Å². The molecule has 1 aromatic carbocycles. The number of amides is 2. The maximum absolute atomic E-state index is 12.8. The number of carbonyl (C=O) groups excluding carboxylic acids is 2. The molecule has 2 atom stereocenters. The number of benzene rings is 1. The lowest BCUT2D eigenvalue weighted by Gasteiger charge is -2.26. The predicted octanol–water partition coefficient (Wildman–Crippen LogP) is 0.877. The van der Waals surface area contributed by atoms with E-state index in [-0.39, 0.29) is 30.2 Å². The van der Waals surface area contributed by atoms with E-state index in [4.69, 9.17) is 9.47 Å². The van der Waals surface area contributed by atoms with E-state index in [1.165, 1.54) is 0 Å². The molecule has 2 aliphatic rings. The fourth-order valence-electron chi connectivity index (χ4n) is 3.55. The Balaban J connectivity index is 1.75. The summed E-state index contributed by atoms with van der Waals surface area (Å²) in [7, 11) is 4.97. The van der Waals surface area contributed by atoms with Crippen molar-refractivity contribution in [3.05, 3.63) is 18.2 Å². The lowest BCUT2D eigenvalue weighted by molar-refractivity contribution is -0.136. The van der Waals surface area contributed by atoms with Gasteiger partial charge >= 0.3 is 0 Å². The van der Waals surface area contributed by atoms with E-state index in [0.717, 1.165) is 19.5 Å². The number of nitrogens with one attached hydrogen (secondary N) is 1. The summed E-state index contributed by atoms with van der Waals surface area (Å²) in [6, 6.07) is 5.55. The number of likely N-dealkylation sites (N-methyl/N-ethyl adjacent to an activating group) is 1. The maximum atomic E-state index is 12.8. The molecular weight excluding hydrogens is 322 g/mol. The molecule has 7 heteroatoms. The number of hydrogen-bond donors (Lipinski definition) is 1. The normalized spacial score (nSPS) is 23.0. The van der Waals surface area contributed by atoms with Crippen LogP contribution < -0.4 is 19.7 Å². The zero-order chi connectivity index (χ0) is 18.0. The van der Waals surface area contributed by atoms with Crippen molar-refractivity contribution in [3.8, 4) is 11.5 Å². The van der Waals surface area contributed by atoms with Crippen LogP contribution in [0.1, 0.15) is 12.8 Å². The van der Waals surface area contributed by atoms with Crippen molar-refractivity contribution < 1.29 is 19.1 Å². The molecule has 0 aromatic heterocycles. The van der Waals surface area contributed by atoms with Gasteiger partial charge in [0.25, 0.3) is 0 Å². The molecule has 0 unspecified atom stereocenters. The molecule has 2 heterocycles. The minimum Gasteiger partial charge on any atom is -0.497 e. The highest BCUT2D eigenvalue weighted by atomic mass is 16.5. The third kappa shape index (κ3) is 3.42. The Hall–Kier alpha value is -2.28. The largest absolute Gasteiger partial charge is 0.497 e. The quantitative estimate of drug-likeness (QED) is 0.856. The number of methoxy groups -OCH3 is 2.